The number of rotatable bonds is 7. The van der Waals surface area contributed by atoms with Crippen LogP contribution in [0.15, 0.2) is 77.9 Å². The summed E-state index contributed by atoms with van der Waals surface area (Å²) in [5.41, 5.74) is 1.76. The first-order chi connectivity index (χ1) is 16.7. The molecule has 0 spiro atoms. The van der Waals surface area contributed by atoms with Crippen LogP contribution in [-0.4, -0.2) is 34.1 Å². The van der Waals surface area contributed by atoms with Crippen molar-refractivity contribution in [1.82, 2.24) is 15.6 Å². The monoisotopic (exact) mass is 490 g/mol. The summed E-state index contributed by atoms with van der Waals surface area (Å²) in [5, 5.41) is 7.53. The summed E-state index contributed by atoms with van der Waals surface area (Å²) in [6.45, 7) is 7.22. The van der Waals surface area contributed by atoms with Crippen LogP contribution in [0.5, 0.6) is 0 Å². The van der Waals surface area contributed by atoms with E-state index in [1.54, 1.807) is 33.0 Å². The van der Waals surface area contributed by atoms with Crippen molar-refractivity contribution in [3.8, 4) is 0 Å². The molecule has 8 heteroatoms. The van der Waals surface area contributed by atoms with Gasteiger partial charge in [-0.15, -0.1) is 0 Å². The Kier molecular flexibility index (Phi) is 9.03. The quantitative estimate of drug-likeness (QED) is 0.154. The van der Waals surface area contributed by atoms with E-state index < -0.39 is 11.6 Å². The van der Waals surface area contributed by atoms with Gasteiger partial charge in [0, 0.05) is 17.7 Å². The molecule has 35 heavy (non-hydrogen) atoms. The van der Waals surface area contributed by atoms with Gasteiger partial charge < -0.3 is 15.4 Å². The minimum Gasteiger partial charge on any atom is -0.454 e. The second-order valence-electron chi connectivity index (χ2n) is 8.83. The van der Waals surface area contributed by atoms with E-state index >= 15 is 0 Å². The Morgan fingerprint density at radius 1 is 1.06 bits per heavy atom. The van der Waals surface area contributed by atoms with Crippen LogP contribution >= 0.6 is 11.8 Å². The molecule has 0 radical (unpaired) electrons. The van der Waals surface area contributed by atoms with E-state index in [0.717, 1.165) is 16.5 Å². The van der Waals surface area contributed by atoms with Crippen molar-refractivity contribution in [3.05, 3.63) is 78.5 Å². The van der Waals surface area contributed by atoms with Crippen molar-refractivity contribution in [2.45, 2.75) is 33.9 Å². The number of hydrogen-bond acceptors (Lipinski definition) is 6. The highest BCUT2D eigenvalue weighted by Gasteiger charge is 2.23. The SMILES string of the molecule is CC(NC(=O)/C=C/c1ccccc1)N/C(=N\c1cccc2cccnc12)SCOC(=O)C(C)(C)C. The summed E-state index contributed by atoms with van der Waals surface area (Å²) in [6, 6.07) is 19.2. The maximum absolute atomic E-state index is 12.4. The van der Waals surface area contributed by atoms with Crippen molar-refractivity contribution < 1.29 is 14.3 Å². The first kappa shape index (κ1) is 26.0. The number of pyridine rings is 1. The van der Waals surface area contributed by atoms with E-state index in [0.29, 0.717) is 10.9 Å². The molecule has 0 aliphatic carbocycles. The Hall–Kier alpha value is -3.65. The highest BCUT2D eigenvalue weighted by molar-refractivity contribution is 8.13. The van der Waals surface area contributed by atoms with E-state index in [4.69, 9.17) is 9.73 Å². The van der Waals surface area contributed by atoms with Crippen LogP contribution in [0.3, 0.4) is 0 Å². The lowest BCUT2D eigenvalue weighted by Crippen LogP contribution is -2.44. The predicted octanol–water partition coefficient (Wildman–Crippen LogP) is 5.27. The van der Waals surface area contributed by atoms with Crippen LogP contribution in [-0.2, 0) is 14.3 Å². The van der Waals surface area contributed by atoms with Gasteiger partial charge in [0.2, 0.25) is 5.91 Å². The topological polar surface area (TPSA) is 92.7 Å². The number of esters is 1. The highest BCUT2D eigenvalue weighted by atomic mass is 32.2. The number of carbonyl (C=O) groups excluding carboxylic acids is 2. The maximum Gasteiger partial charge on any atom is 0.312 e. The summed E-state index contributed by atoms with van der Waals surface area (Å²) in [6.07, 6.45) is 4.51. The fourth-order valence-electron chi connectivity index (χ4n) is 2.97. The lowest BCUT2D eigenvalue weighted by atomic mass is 9.98. The van der Waals surface area contributed by atoms with Gasteiger partial charge in [-0.2, -0.15) is 0 Å². The number of benzene rings is 2. The maximum atomic E-state index is 12.4. The molecule has 2 aromatic carbocycles. The third-order valence-corrected chi connectivity index (χ3v) is 5.48. The molecule has 1 atom stereocenters. The van der Waals surface area contributed by atoms with E-state index in [-0.39, 0.29) is 17.8 Å². The molecule has 0 saturated carbocycles. The summed E-state index contributed by atoms with van der Waals surface area (Å²) in [5.74, 6) is -0.470. The molecule has 1 heterocycles. The largest absolute Gasteiger partial charge is 0.454 e. The summed E-state index contributed by atoms with van der Waals surface area (Å²) < 4.78 is 5.40. The summed E-state index contributed by atoms with van der Waals surface area (Å²) in [4.78, 5) is 33.7. The van der Waals surface area contributed by atoms with Crippen LogP contribution in [0.4, 0.5) is 5.69 Å². The number of hydrogen-bond donors (Lipinski definition) is 2. The molecule has 0 aliphatic heterocycles. The molecule has 1 amide bonds. The fraction of sp³-hybridized carbons (Fsp3) is 0.259. The van der Waals surface area contributed by atoms with E-state index in [2.05, 4.69) is 15.6 Å². The molecule has 0 fully saturated rings. The Bertz CT molecular complexity index is 1210. The zero-order chi connectivity index (χ0) is 25.3. The van der Waals surface area contributed by atoms with Gasteiger partial charge in [0.25, 0.3) is 0 Å². The molecule has 3 rings (SSSR count). The molecule has 1 unspecified atom stereocenters. The van der Waals surface area contributed by atoms with Gasteiger partial charge in [-0.25, -0.2) is 4.99 Å². The van der Waals surface area contributed by atoms with Crippen molar-refractivity contribution in [2.75, 3.05) is 5.94 Å². The Labute approximate surface area is 210 Å². The van der Waals surface area contributed by atoms with Crippen LogP contribution in [0, 0.1) is 5.41 Å². The van der Waals surface area contributed by atoms with E-state index in [1.807, 2.05) is 67.6 Å². The lowest BCUT2D eigenvalue weighted by Gasteiger charge is -2.19. The minimum atomic E-state index is -0.600. The molecule has 0 saturated heterocycles. The number of nitrogens with zero attached hydrogens (tertiary/aromatic N) is 2. The zero-order valence-electron chi connectivity index (χ0n) is 20.3. The number of aliphatic imine (C=N–C) groups is 1. The van der Waals surface area contributed by atoms with Crippen molar-refractivity contribution in [3.63, 3.8) is 0 Å². The van der Waals surface area contributed by atoms with Crippen LogP contribution in [0.25, 0.3) is 17.0 Å². The third-order valence-electron chi connectivity index (χ3n) is 4.76. The average Bonchev–Trinajstić information content (AvgIpc) is 2.83. The van der Waals surface area contributed by atoms with Crippen molar-refractivity contribution in [1.29, 1.82) is 0 Å². The number of aromatic nitrogens is 1. The van der Waals surface area contributed by atoms with Gasteiger partial charge in [-0.1, -0.05) is 48.5 Å². The van der Waals surface area contributed by atoms with Crippen molar-refractivity contribution in [2.24, 2.45) is 10.4 Å². The fourth-order valence-corrected chi connectivity index (χ4v) is 3.67. The van der Waals surface area contributed by atoms with E-state index in [9.17, 15) is 9.59 Å². The van der Waals surface area contributed by atoms with Gasteiger partial charge in [0.15, 0.2) is 5.17 Å². The standard InChI is InChI=1S/C27H30N4O3S/c1-19(29-23(32)16-15-20-10-6-5-7-11-20)30-26(35-18-34-25(33)27(2,3)4)31-22-14-8-12-21-13-9-17-28-24(21)22/h5-17,19H,18H2,1-4H3,(H,29,32)(H,30,31)/b16-15+. The number of ether oxygens (including phenoxy) is 1. The summed E-state index contributed by atoms with van der Waals surface area (Å²) >= 11 is 1.23. The van der Waals surface area contributed by atoms with E-state index in [1.165, 1.54) is 17.8 Å². The molecular formula is C27H30N4O3S. The van der Waals surface area contributed by atoms with Gasteiger partial charge in [0.1, 0.15) is 5.94 Å². The second-order valence-corrected chi connectivity index (χ2v) is 9.74. The number of thioether (sulfide) groups is 1. The zero-order valence-corrected chi connectivity index (χ0v) is 21.1. The normalized spacial score (nSPS) is 13.0. The van der Waals surface area contributed by atoms with Gasteiger partial charge in [-0.05, 0) is 63.2 Å². The number of amides is 1. The average molecular weight is 491 g/mol. The number of carbonyl (C=O) groups is 2. The molecule has 7 nitrogen and oxygen atoms in total. The molecule has 3 aromatic rings. The van der Waals surface area contributed by atoms with Crippen LogP contribution in [0.2, 0.25) is 0 Å². The number of fused-ring (bicyclic) bond motifs is 1. The first-order valence-corrected chi connectivity index (χ1v) is 12.2. The second kappa shape index (κ2) is 12.2. The van der Waals surface area contributed by atoms with Crippen LogP contribution in [0.1, 0.15) is 33.3 Å². The van der Waals surface area contributed by atoms with Crippen molar-refractivity contribution >= 4 is 51.5 Å². The number of amidine groups is 1. The van der Waals surface area contributed by atoms with Gasteiger partial charge in [-0.3, -0.25) is 14.6 Å². The predicted molar refractivity (Wildman–Crippen MR) is 143 cm³/mol. The molecule has 182 valence electrons. The Morgan fingerprint density at radius 3 is 2.54 bits per heavy atom. The Morgan fingerprint density at radius 2 is 1.80 bits per heavy atom. The van der Waals surface area contributed by atoms with Gasteiger partial charge in [0.05, 0.1) is 22.8 Å². The number of nitrogens with one attached hydrogen (secondary N) is 2. The third kappa shape index (κ3) is 8.26. The number of para-hydroxylation sites is 1. The highest BCUT2D eigenvalue weighted by Crippen LogP contribution is 2.25. The first-order valence-electron chi connectivity index (χ1n) is 11.2. The van der Waals surface area contributed by atoms with Gasteiger partial charge >= 0.3 is 5.97 Å². The Balaban J connectivity index is 1.73. The molecule has 0 aliphatic rings. The molecule has 2 N–H and O–H groups in total. The minimum absolute atomic E-state index is 0.0781. The lowest BCUT2D eigenvalue weighted by molar-refractivity contribution is -0.150. The molecular weight excluding hydrogens is 460 g/mol. The molecule has 1 aromatic heterocycles. The molecule has 0 bridgehead atoms. The smallest absolute Gasteiger partial charge is 0.312 e. The summed E-state index contributed by atoms with van der Waals surface area (Å²) in [7, 11) is 0. The van der Waals surface area contributed by atoms with Crippen LogP contribution < -0.4 is 10.6 Å².